The van der Waals surface area contributed by atoms with E-state index in [1.807, 2.05) is 30.3 Å². The van der Waals surface area contributed by atoms with E-state index in [1.165, 1.54) is 19.1 Å². The van der Waals surface area contributed by atoms with Gasteiger partial charge in [0.15, 0.2) is 0 Å². The summed E-state index contributed by atoms with van der Waals surface area (Å²) < 4.78 is 26.6. The monoisotopic (exact) mass is 318 g/mol. The van der Waals surface area contributed by atoms with Crippen molar-refractivity contribution in [3.05, 3.63) is 66.2 Å². The van der Waals surface area contributed by atoms with Crippen LogP contribution in [0.1, 0.15) is 12.5 Å². The lowest BCUT2D eigenvalue weighted by atomic mass is 10.2. The van der Waals surface area contributed by atoms with Crippen LogP contribution in [0.15, 0.2) is 65.6 Å². The molecule has 0 unspecified atom stereocenters. The molecule has 0 spiro atoms. The molecule has 2 aromatic rings. The fourth-order valence-electron chi connectivity index (χ4n) is 1.89. The highest BCUT2D eigenvalue weighted by Gasteiger charge is 2.21. The molecule has 22 heavy (non-hydrogen) atoms. The fourth-order valence-corrected chi connectivity index (χ4v) is 3.12. The van der Waals surface area contributed by atoms with Crippen LogP contribution in [-0.4, -0.2) is 20.4 Å². The molecule has 0 saturated carbocycles. The van der Waals surface area contributed by atoms with Crippen molar-refractivity contribution in [3.63, 3.8) is 0 Å². The topological polar surface area (TPSA) is 75.3 Å². The van der Waals surface area contributed by atoms with Crippen molar-refractivity contribution in [3.8, 4) is 0 Å². The molecule has 0 aliphatic carbocycles. The standard InChI is InChI=1S/C16H18N2O3S/c1-13(16(19)17-12-14-8-4-2-5-9-14)18-22(20,21)15-10-6-3-7-11-15/h2-11,13,18H,12H2,1H3,(H,17,19)/t13-/m0/s1. The van der Waals surface area contributed by atoms with Crippen molar-refractivity contribution in [2.45, 2.75) is 24.4 Å². The molecule has 0 aromatic heterocycles. The average Bonchev–Trinajstić information content (AvgIpc) is 2.54. The molecule has 0 heterocycles. The Labute approximate surface area is 130 Å². The molecule has 1 amide bonds. The van der Waals surface area contributed by atoms with Crippen LogP contribution >= 0.6 is 0 Å². The number of rotatable bonds is 6. The van der Waals surface area contributed by atoms with Gasteiger partial charge >= 0.3 is 0 Å². The zero-order chi connectivity index (χ0) is 16.0. The predicted molar refractivity (Wildman–Crippen MR) is 84.5 cm³/mol. The number of nitrogens with one attached hydrogen (secondary N) is 2. The van der Waals surface area contributed by atoms with Crippen molar-refractivity contribution in [2.24, 2.45) is 0 Å². The van der Waals surface area contributed by atoms with Crippen molar-refractivity contribution in [1.29, 1.82) is 0 Å². The number of carbonyl (C=O) groups is 1. The van der Waals surface area contributed by atoms with Gasteiger partial charge in [0, 0.05) is 6.54 Å². The normalized spacial score (nSPS) is 12.6. The number of carbonyl (C=O) groups excluding carboxylic acids is 1. The lowest BCUT2D eigenvalue weighted by molar-refractivity contribution is -0.122. The Morgan fingerprint density at radius 3 is 2.14 bits per heavy atom. The van der Waals surface area contributed by atoms with E-state index in [2.05, 4.69) is 10.0 Å². The first-order chi connectivity index (χ1) is 10.5. The molecule has 0 saturated heterocycles. The highest BCUT2D eigenvalue weighted by Crippen LogP contribution is 2.08. The van der Waals surface area contributed by atoms with E-state index >= 15 is 0 Å². The maximum atomic E-state index is 12.1. The van der Waals surface area contributed by atoms with Gasteiger partial charge in [-0.1, -0.05) is 48.5 Å². The molecule has 0 aliphatic rings. The number of hydrogen-bond donors (Lipinski definition) is 2. The van der Waals surface area contributed by atoms with Crippen molar-refractivity contribution < 1.29 is 13.2 Å². The molecule has 6 heteroatoms. The number of sulfonamides is 1. The van der Waals surface area contributed by atoms with Crippen molar-refractivity contribution in [2.75, 3.05) is 0 Å². The van der Waals surface area contributed by atoms with Crippen LogP contribution in [0.2, 0.25) is 0 Å². The Hall–Kier alpha value is -2.18. The Bertz CT molecular complexity index is 716. The first-order valence-electron chi connectivity index (χ1n) is 6.88. The lowest BCUT2D eigenvalue weighted by Crippen LogP contribution is -2.44. The van der Waals surface area contributed by atoms with Gasteiger partial charge in [-0.3, -0.25) is 4.79 Å². The van der Waals surface area contributed by atoms with Crippen LogP contribution in [0.5, 0.6) is 0 Å². The molecule has 2 aromatic carbocycles. The van der Waals surface area contributed by atoms with Gasteiger partial charge < -0.3 is 5.32 Å². The van der Waals surface area contributed by atoms with Crippen LogP contribution < -0.4 is 10.0 Å². The first kappa shape index (κ1) is 16.2. The predicted octanol–water partition coefficient (Wildman–Crippen LogP) is 1.67. The summed E-state index contributed by atoms with van der Waals surface area (Å²) in [6, 6.07) is 16.5. The molecular formula is C16H18N2O3S. The third-order valence-corrected chi connectivity index (χ3v) is 4.64. The first-order valence-corrected chi connectivity index (χ1v) is 8.36. The van der Waals surface area contributed by atoms with Crippen LogP contribution in [0.3, 0.4) is 0 Å². The average molecular weight is 318 g/mol. The van der Waals surface area contributed by atoms with E-state index in [1.54, 1.807) is 18.2 Å². The van der Waals surface area contributed by atoms with Gasteiger partial charge in [0.2, 0.25) is 15.9 Å². The minimum atomic E-state index is -3.70. The van der Waals surface area contributed by atoms with Gasteiger partial charge in [0.1, 0.15) is 0 Å². The highest BCUT2D eigenvalue weighted by molar-refractivity contribution is 7.89. The lowest BCUT2D eigenvalue weighted by Gasteiger charge is -2.14. The summed E-state index contributed by atoms with van der Waals surface area (Å²) >= 11 is 0. The third-order valence-electron chi connectivity index (χ3n) is 3.09. The Morgan fingerprint density at radius 1 is 1.00 bits per heavy atom. The minimum Gasteiger partial charge on any atom is -0.351 e. The van der Waals surface area contributed by atoms with Gasteiger partial charge in [-0.15, -0.1) is 0 Å². The summed E-state index contributed by atoms with van der Waals surface area (Å²) in [6.45, 7) is 1.87. The van der Waals surface area contributed by atoms with E-state index in [0.29, 0.717) is 6.54 Å². The summed E-state index contributed by atoms with van der Waals surface area (Å²) in [5, 5.41) is 2.71. The van der Waals surface area contributed by atoms with Crippen LogP contribution in [-0.2, 0) is 21.4 Å². The Kier molecular flexibility index (Phi) is 5.30. The molecule has 0 bridgehead atoms. The SMILES string of the molecule is C[C@H](NS(=O)(=O)c1ccccc1)C(=O)NCc1ccccc1. The Morgan fingerprint density at radius 2 is 1.55 bits per heavy atom. The molecule has 0 radical (unpaired) electrons. The Balaban J connectivity index is 1.94. The second-order valence-electron chi connectivity index (χ2n) is 4.86. The summed E-state index contributed by atoms with van der Waals surface area (Å²) in [5.74, 6) is -0.372. The fraction of sp³-hybridized carbons (Fsp3) is 0.188. The quantitative estimate of drug-likeness (QED) is 0.851. The van der Waals surface area contributed by atoms with Gasteiger partial charge in [0.05, 0.1) is 10.9 Å². The van der Waals surface area contributed by atoms with Crippen LogP contribution in [0, 0.1) is 0 Å². The molecule has 2 rings (SSSR count). The largest absolute Gasteiger partial charge is 0.351 e. The van der Waals surface area contributed by atoms with E-state index in [-0.39, 0.29) is 10.8 Å². The van der Waals surface area contributed by atoms with E-state index in [9.17, 15) is 13.2 Å². The maximum Gasteiger partial charge on any atom is 0.241 e. The number of benzene rings is 2. The van der Waals surface area contributed by atoms with Gasteiger partial charge in [-0.2, -0.15) is 4.72 Å². The molecular weight excluding hydrogens is 300 g/mol. The highest BCUT2D eigenvalue weighted by atomic mass is 32.2. The molecule has 2 N–H and O–H groups in total. The van der Waals surface area contributed by atoms with Gasteiger partial charge in [0.25, 0.3) is 0 Å². The number of hydrogen-bond acceptors (Lipinski definition) is 3. The summed E-state index contributed by atoms with van der Waals surface area (Å²) in [4.78, 5) is 12.1. The third kappa shape index (κ3) is 4.41. The summed E-state index contributed by atoms with van der Waals surface area (Å²) in [7, 11) is -3.70. The van der Waals surface area contributed by atoms with Gasteiger partial charge in [-0.05, 0) is 24.6 Å². The van der Waals surface area contributed by atoms with Crippen molar-refractivity contribution >= 4 is 15.9 Å². The second-order valence-corrected chi connectivity index (χ2v) is 6.57. The van der Waals surface area contributed by atoms with Crippen LogP contribution in [0.4, 0.5) is 0 Å². The smallest absolute Gasteiger partial charge is 0.241 e. The number of amides is 1. The second kappa shape index (κ2) is 7.20. The summed E-state index contributed by atoms with van der Waals surface area (Å²) in [5.41, 5.74) is 0.953. The minimum absolute atomic E-state index is 0.137. The van der Waals surface area contributed by atoms with Gasteiger partial charge in [-0.25, -0.2) is 8.42 Å². The zero-order valence-electron chi connectivity index (χ0n) is 12.2. The zero-order valence-corrected chi connectivity index (χ0v) is 13.0. The molecule has 5 nitrogen and oxygen atoms in total. The maximum absolute atomic E-state index is 12.1. The van der Waals surface area contributed by atoms with E-state index < -0.39 is 16.1 Å². The molecule has 0 fully saturated rings. The summed E-state index contributed by atoms with van der Waals surface area (Å²) in [6.07, 6.45) is 0. The molecule has 0 aliphatic heterocycles. The van der Waals surface area contributed by atoms with E-state index in [4.69, 9.17) is 0 Å². The van der Waals surface area contributed by atoms with Crippen LogP contribution in [0.25, 0.3) is 0 Å². The van der Waals surface area contributed by atoms with Crippen molar-refractivity contribution in [1.82, 2.24) is 10.0 Å². The molecule has 116 valence electrons. The van der Waals surface area contributed by atoms with E-state index in [0.717, 1.165) is 5.56 Å². The molecule has 1 atom stereocenters.